The van der Waals surface area contributed by atoms with Gasteiger partial charge in [0.25, 0.3) is 0 Å². The van der Waals surface area contributed by atoms with Crippen LogP contribution in [0, 0.1) is 0 Å². The number of benzene rings is 1. The maximum absolute atomic E-state index is 11.6. The zero-order valence-electron chi connectivity index (χ0n) is 10.7. The molecule has 0 saturated heterocycles. The molecule has 2 N–H and O–H groups in total. The molecule has 0 fully saturated rings. The minimum absolute atomic E-state index is 0.132. The normalized spacial score (nSPS) is 9.67. The predicted octanol–water partition coefficient (Wildman–Crippen LogP) is 1.42. The average Bonchev–Trinajstić information content (AvgIpc) is 2.38. The van der Waals surface area contributed by atoms with Gasteiger partial charge in [-0.15, -0.1) is 6.58 Å². The zero-order chi connectivity index (χ0) is 13.4. The second-order valence-corrected chi connectivity index (χ2v) is 3.57. The van der Waals surface area contributed by atoms with Gasteiger partial charge in [-0.2, -0.15) is 0 Å². The molecule has 0 atom stereocenters. The van der Waals surface area contributed by atoms with E-state index in [0.717, 1.165) is 0 Å². The van der Waals surface area contributed by atoms with Crippen molar-refractivity contribution >= 4 is 11.6 Å². The molecule has 0 spiro atoms. The van der Waals surface area contributed by atoms with Crippen LogP contribution in [0.5, 0.6) is 11.5 Å². The first kappa shape index (κ1) is 14.1. The number of amides is 1. The van der Waals surface area contributed by atoms with E-state index in [-0.39, 0.29) is 12.5 Å². The number of nitrogens with one attached hydrogen (secondary N) is 2. The molecule has 18 heavy (non-hydrogen) atoms. The summed E-state index contributed by atoms with van der Waals surface area (Å²) in [6.07, 6.45) is 1.70. The maximum atomic E-state index is 11.6. The molecule has 0 radical (unpaired) electrons. The molecular formula is C13H18N2O3. The predicted molar refractivity (Wildman–Crippen MR) is 71.2 cm³/mol. The van der Waals surface area contributed by atoms with Gasteiger partial charge in [0.1, 0.15) is 11.5 Å². The number of anilines is 1. The summed E-state index contributed by atoms with van der Waals surface area (Å²) in [4.78, 5) is 11.6. The fraction of sp³-hybridized carbons (Fsp3) is 0.308. The average molecular weight is 250 g/mol. The summed E-state index contributed by atoms with van der Waals surface area (Å²) in [5.74, 6) is 1.12. The van der Waals surface area contributed by atoms with Crippen LogP contribution in [0.15, 0.2) is 30.9 Å². The lowest BCUT2D eigenvalue weighted by Crippen LogP contribution is -2.28. The van der Waals surface area contributed by atoms with E-state index < -0.39 is 0 Å². The van der Waals surface area contributed by atoms with Crippen molar-refractivity contribution in [2.75, 3.05) is 32.6 Å². The highest BCUT2D eigenvalue weighted by Gasteiger charge is 2.05. The first-order chi connectivity index (χ1) is 8.69. The molecule has 0 aliphatic heterocycles. The van der Waals surface area contributed by atoms with Gasteiger partial charge < -0.3 is 20.1 Å². The number of hydrogen-bond acceptors (Lipinski definition) is 4. The number of methoxy groups -OCH3 is 2. The number of rotatable bonds is 7. The van der Waals surface area contributed by atoms with Crippen LogP contribution in [-0.4, -0.2) is 33.2 Å². The summed E-state index contributed by atoms with van der Waals surface area (Å²) in [6, 6.07) is 5.20. The highest BCUT2D eigenvalue weighted by Crippen LogP contribution is 2.25. The van der Waals surface area contributed by atoms with E-state index in [1.807, 2.05) is 0 Å². The Morgan fingerprint density at radius 1 is 1.28 bits per heavy atom. The molecule has 0 saturated carbocycles. The van der Waals surface area contributed by atoms with E-state index in [0.29, 0.717) is 23.7 Å². The third-order valence-corrected chi connectivity index (χ3v) is 2.21. The van der Waals surface area contributed by atoms with Crippen molar-refractivity contribution in [3.8, 4) is 11.5 Å². The van der Waals surface area contributed by atoms with Crippen LogP contribution < -0.4 is 20.1 Å². The van der Waals surface area contributed by atoms with Gasteiger partial charge in [-0.3, -0.25) is 4.79 Å². The van der Waals surface area contributed by atoms with Crippen molar-refractivity contribution in [3.05, 3.63) is 30.9 Å². The van der Waals surface area contributed by atoms with Gasteiger partial charge in [-0.1, -0.05) is 6.08 Å². The van der Waals surface area contributed by atoms with Crippen molar-refractivity contribution in [2.24, 2.45) is 0 Å². The SMILES string of the molecule is C=CCNCC(=O)Nc1cc(OC)cc(OC)c1. The Morgan fingerprint density at radius 3 is 2.39 bits per heavy atom. The molecule has 0 unspecified atom stereocenters. The molecule has 0 aliphatic rings. The van der Waals surface area contributed by atoms with Gasteiger partial charge in [0.05, 0.1) is 20.8 Å². The fourth-order valence-corrected chi connectivity index (χ4v) is 1.37. The molecule has 0 bridgehead atoms. The molecule has 0 aliphatic carbocycles. The first-order valence-corrected chi connectivity index (χ1v) is 5.54. The summed E-state index contributed by atoms with van der Waals surface area (Å²) >= 11 is 0. The monoisotopic (exact) mass is 250 g/mol. The molecule has 0 aromatic heterocycles. The topological polar surface area (TPSA) is 59.6 Å². The van der Waals surface area contributed by atoms with Crippen molar-refractivity contribution in [1.29, 1.82) is 0 Å². The zero-order valence-corrected chi connectivity index (χ0v) is 10.7. The minimum atomic E-state index is -0.132. The highest BCUT2D eigenvalue weighted by atomic mass is 16.5. The maximum Gasteiger partial charge on any atom is 0.238 e. The number of carbonyl (C=O) groups excluding carboxylic acids is 1. The van der Waals surface area contributed by atoms with Crippen molar-refractivity contribution in [1.82, 2.24) is 5.32 Å². The summed E-state index contributed by atoms with van der Waals surface area (Å²) in [7, 11) is 3.12. The fourth-order valence-electron chi connectivity index (χ4n) is 1.37. The standard InChI is InChI=1S/C13H18N2O3/c1-4-5-14-9-13(16)15-10-6-11(17-2)8-12(7-10)18-3/h4,6-8,14H,1,5,9H2,2-3H3,(H,15,16). The van der Waals surface area contributed by atoms with E-state index in [4.69, 9.17) is 9.47 Å². The second kappa shape index (κ2) is 7.34. The molecule has 1 amide bonds. The minimum Gasteiger partial charge on any atom is -0.497 e. The van der Waals surface area contributed by atoms with Gasteiger partial charge >= 0.3 is 0 Å². The molecule has 1 rings (SSSR count). The van der Waals surface area contributed by atoms with Crippen LogP contribution >= 0.6 is 0 Å². The van der Waals surface area contributed by atoms with Gasteiger partial charge in [-0.25, -0.2) is 0 Å². The smallest absolute Gasteiger partial charge is 0.238 e. The highest BCUT2D eigenvalue weighted by molar-refractivity contribution is 5.92. The largest absolute Gasteiger partial charge is 0.497 e. The van der Waals surface area contributed by atoms with Crippen LogP contribution in [-0.2, 0) is 4.79 Å². The van der Waals surface area contributed by atoms with E-state index in [1.54, 1.807) is 38.5 Å². The Bertz CT molecular complexity index is 396. The molecular weight excluding hydrogens is 232 g/mol. The lowest BCUT2D eigenvalue weighted by atomic mass is 10.2. The second-order valence-electron chi connectivity index (χ2n) is 3.57. The molecule has 0 heterocycles. The summed E-state index contributed by atoms with van der Waals surface area (Å²) in [5, 5.41) is 5.67. The third kappa shape index (κ3) is 4.47. The summed E-state index contributed by atoms with van der Waals surface area (Å²) in [5.41, 5.74) is 0.636. The third-order valence-electron chi connectivity index (χ3n) is 2.21. The van der Waals surface area contributed by atoms with E-state index in [2.05, 4.69) is 17.2 Å². The number of hydrogen-bond donors (Lipinski definition) is 2. The Labute approximate surface area is 107 Å². The summed E-state index contributed by atoms with van der Waals surface area (Å²) < 4.78 is 10.2. The van der Waals surface area contributed by atoms with Crippen LogP contribution in [0.25, 0.3) is 0 Å². The van der Waals surface area contributed by atoms with Gasteiger partial charge in [0.2, 0.25) is 5.91 Å². The lowest BCUT2D eigenvalue weighted by molar-refractivity contribution is -0.115. The summed E-state index contributed by atoms with van der Waals surface area (Å²) in [6.45, 7) is 4.38. The van der Waals surface area contributed by atoms with Crippen molar-refractivity contribution in [3.63, 3.8) is 0 Å². The van der Waals surface area contributed by atoms with Crippen LogP contribution in [0.4, 0.5) is 5.69 Å². The van der Waals surface area contributed by atoms with Crippen molar-refractivity contribution in [2.45, 2.75) is 0 Å². The molecule has 98 valence electrons. The van der Waals surface area contributed by atoms with Crippen LogP contribution in [0.2, 0.25) is 0 Å². The molecule has 1 aromatic rings. The Hall–Kier alpha value is -2.01. The van der Waals surface area contributed by atoms with Crippen molar-refractivity contribution < 1.29 is 14.3 Å². The van der Waals surface area contributed by atoms with E-state index >= 15 is 0 Å². The molecule has 5 heteroatoms. The quantitative estimate of drug-likeness (QED) is 0.567. The van der Waals surface area contributed by atoms with Crippen LogP contribution in [0.1, 0.15) is 0 Å². The van der Waals surface area contributed by atoms with Gasteiger partial charge in [0, 0.05) is 30.4 Å². The van der Waals surface area contributed by atoms with Crippen LogP contribution in [0.3, 0.4) is 0 Å². The number of carbonyl (C=O) groups is 1. The molecule has 1 aromatic carbocycles. The Kier molecular flexibility index (Phi) is 5.73. The lowest BCUT2D eigenvalue weighted by Gasteiger charge is -2.10. The number of ether oxygens (including phenoxy) is 2. The van der Waals surface area contributed by atoms with E-state index in [1.165, 1.54) is 0 Å². The Balaban J connectivity index is 2.65. The first-order valence-electron chi connectivity index (χ1n) is 5.54. The molecule has 5 nitrogen and oxygen atoms in total. The van der Waals surface area contributed by atoms with Gasteiger partial charge in [0.15, 0.2) is 0 Å². The van der Waals surface area contributed by atoms with Gasteiger partial charge in [-0.05, 0) is 0 Å². The Morgan fingerprint density at radius 2 is 1.89 bits per heavy atom. The van der Waals surface area contributed by atoms with E-state index in [9.17, 15) is 4.79 Å².